The SMILES string of the molecule is CC(C)CC(Cl)C(=O)Nc1nc2ccc3c(cnn3C(=O)C(Cl)CC(C)C)c2s1.CC(C)CC(Nc1cccc(O)c1)C(=O)Nc1nc2ccc3[nH]ncc3c2s1. The van der Waals surface area contributed by atoms with Crippen LogP contribution in [0.2, 0.25) is 0 Å². The number of carbonyl (C=O) groups excluding carboxylic acids is 3. The predicted octanol–water partition coefficient (Wildman–Crippen LogP) is 9.88. The molecular formula is C40H45Cl2N9O4S2. The molecule has 2 amide bonds. The summed E-state index contributed by atoms with van der Waals surface area (Å²) in [5.74, 6) is 0.448. The number of nitrogens with one attached hydrogen (secondary N) is 4. The minimum Gasteiger partial charge on any atom is -0.508 e. The van der Waals surface area contributed by atoms with E-state index < -0.39 is 16.8 Å². The van der Waals surface area contributed by atoms with Gasteiger partial charge in [-0.05, 0) is 73.4 Å². The number of fused-ring (bicyclic) bond motifs is 6. The van der Waals surface area contributed by atoms with Crippen LogP contribution in [0.15, 0.2) is 60.9 Å². The minimum atomic E-state index is -0.633. The van der Waals surface area contributed by atoms with Gasteiger partial charge in [-0.3, -0.25) is 19.5 Å². The first-order valence-corrected chi connectivity index (χ1v) is 21.2. The number of nitrogens with zero attached hydrogens (tertiary/aromatic N) is 5. The van der Waals surface area contributed by atoms with Gasteiger partial charge in [-0.15, -0.1) is 23.2 Å². The highest BCUT2D eigenvalue weighted by Gasteiger charge is 2.24. The van der Waals surface area contributed by atoms with Crippen molar-refractivity contribution in [1.82, 2.24) is 29.9 Å². The normalized spacial score (nSPS) is 13.3. The molecule has 7 aromatic rings. The van der Waals surface area contributed by atoms with Gasteiger partial charge in [0.1, 0.15) is 22.5 Å². The quantitative estimate of drug-likeness (QED) is 0.0706. The Labute approximate surface area is 347 Å². The zero-order valence-corrected chi connectivity index (χ0v) is 35.5. The second-order valence-corrected chi connectivity index (χ2v) is 18.1. The average Bonchev–Trinajstić information content (AvgIpc) is 3.95. The molecule has 0 saturated carbocycles. The molecule has 0 aliphatic heterocycles. The lowest BCUT2D eigenvalue weighted by Gasteiger charge is -2.20. The fourth-order valence-corrected chi connectivity index (χ4v) is 9.03. The number of H-pyrrole nitrogens is 1. The number of benzene rings is 3. The number of rotatable bonds is 13. The Bertz CT molecular complexity index is 2530. The van der Waals surface area contributed by atoms with Crippen molar-refractivity contribution in [1.29, 1.82) is 0 Å². The Morgan fingerprint density at radius 1 is 0.772 bits per heavy atom. The van der Waals surface area contributed by atoms with Gasteiger partial charge in [-0.1, -0.05) is 70.3 Å². The minimum absolute atomic E-state index is 0.153. The standard InChI is InChI=1S/C20H24Cl2N4O2S.C20H21N5O2S/c1-10(2)7-13(21)18(27)25-20-24-15-5-6-16-12(17(15)29-20)9-23-26(16)19(28)14(22)8-11(3)4;1-11(2)8-17(22-12-4-3-5-13(26)9-12)19(27)24-20-23-16-7-6-15-14(10-21-25-15)18(16)28-20/h5-6,9-11,13-14H,7-8H2,1-4H3,(H,24,25,27);3-7,9-11,17,22,26H,8H2,1-2H3,(H,21,25)(H,23,24,27). The van der Waals surface area contributed by atoms with Gasteiger partial charge in [-0.25, -0.2) is 9.97 Å². The third-order valence-corrected chi connectivity index (χ3v) is 11.6. The van der Waals surface area contributed by atoms with Crippen molar-refractivity contribution in [3.8, 4) is 5.75 Å². The molecule has 17 heteroatoms. The van der Waals surface area contributed by atoms with Crippen LogP contribution >= 0.6 is 45.9 Å². The number of hydrogen-bond acceptors (Lipinski definition) is 11. The number of carbonyl (C=O) groups is 3. The summed E-state index contributed by atoms with van der Waals surface area (Å²) in [5.41, 5.74) is 3.87. The molecule has 3 atom stereocenters. The number of phenols is 1. The van der Waals surface area contributed by atoms with E-state index in [-0.39, 0.29) is 23.5 Å². The summed E-state index contributed by atoms with van der Waals surface area (Å²) in [6.07, 6.45) is 5.23. The van der Waals surface area contributed by atoms with Gasteiger partial charge in [0.05, 0.1) is 43.9 Å². The van der Waals surface area contributed by atoms with Gasteiger partial charge in [0.25, 0.3) is 5.91 Å². The molecule has 300 valence electrons. The Hall–Kier alpha value is -4.83. The summed E-state index contributed by atoms with van der Waals surface area (Å²) in [6, 6.07) is 13.8. The summed E-state index contributed by atoms with van der Waals surface area (Å²) < 4.78 is 3.19. The highest BCUT2D eigenvalue weighted by atomic mass is 35.5. The van der Waals surface area contributed by atoms with Crippen LogP contribution in [0, 0.1) is 17.8 Å². The van der Waals surface area contributed by atoms with E-state index in [0.717, 1.165) is 36.7 Å². The first kappa shape index (κ1) is 41.8. The van der Waals surface area contributed by atoms with Crippen molar-refractivity contribution >= 4 is 122 Å². The van der Waals surface area contributed by atoms with Crippen LogP contribution in [0.3, 0.4) is 0 Å². The largest absolute Gasteiger partial charge is 0.508 e. The Kier molecular flexibility index (Phi) is 13.3. The maximum Gasteiger partial charge on any atom is 0.265 e. The molecule has 0 radical (unpaired) electrons. The maximum absolute atomic E-state index is 12.9. The Morgan fingerprint density at radius 2 is 1.39 bits per heavy atom. The average molecular weight is 851 g/mol. The van der Waals surface area contributed by atoms with Gasteiger partial charge in [0.2, 0.25) is 11.8 Å². The fourth-order valence-electron chi connectivity index (χ4n) is 6.22. The van der Waals surface area contributed by atoms with Crippen molar-refractivity contribution in [2.24, 2.45) is 17.8 Å². The lowest BCUT2D eigenvalue weighted by molar-refractivity contribution is -0.117. The number of alkyl halides is 2. The van der Waals surface area contributed by atoms with Crippen LogP contribution in [0.1, 0.15) is 65.6 Å². The molecule has 0 aliphatic carbocycles. The summed E-state index contributed by atoms with van der Waals surface area (Å²) in [4.78, 5) is 46.9. The number of aromatic amines is 1. The van der Waals surface area contributed by atoms with Gasteiger partial charge in [-0.2, -0.15) is 14.9 Å². The first-order chi connectivity index (χ1) is 27.2. The van der Waals surface area contributed by atoms with Crippen LogP contribution in [-0.2, 0) is 9.59 Å². The van der Waals surface area contributed by atoms with Gasteiger partial charge >= 0.3 is 0 Å². The molecule has 0 bridgehead atoms. The molecule has 4 aromatic heterocycles. The first-order valence-electron chi connectivity index (χ1n) is 18.7. The zero-order chi connectivity index (χ0) is 41.0. The van der Waals surface area contributed by atoms with E-state index in [1.165, 1.54) is 27.4 Å². The number of halogens is 2. The van der Waals surface area contributed by atoms with Crippen molar-refractivity contribution in [2.75, 3.05) is 16.0 Å². The highest BCUT2D eigenvalue weighted by Crippen LogP contribution is 2.34. The van der Waals surface area contributed by atoms with E-state index in [1.807, 2.05) is 52.0 Å². The number of phenolic OH excluding ortho intramolecular Hbond substituents is 1. The van der Waals surface area contributed by atoms with Crippen molar-refractivity contribution in [3.05, 3.63) is 60.9 Å². The molecule has 13 nitrogen and oxygen atoms in total. The summed E-state index contributed by atoms with van der Waals surface area (Å²) in [6.45, 7) is 12.2. The summed E-state index contributed by atoms with van der Waals surface area (Å²) in [7, 11) is 0. The molecule has 3 unspecified atom stereocenters. The smallest absolute Gasteiger partial charge is 0.265 e. The van der Waals surface area contributed by atoms with Crippen LogP contribution in [-0.4, -0.2) is 69.6 Å². The highest BCUT2D eigenvalue weighted by molar-refractivity contribution is 7.23. The topological polar surface area (TPSA) is 180 Å². The van der Waals surface area contributed by atoms with E-state index in [9.17, 15) is 19.5 Å². The van der Waals surface area contributed by atoms with Crippen LogP contribution in [0.4, 0.5) is 16.0 Å². The van der Waals surface area contributed by atoms with Crippen LogP contribution in [0.25, 0.3) is 42.2 Å². The molecule has 7 rings (SSSR count). The lowest BCUT2D eigenvalue weighted by atomic mass is 10.0. The zero-order valence-electron chi connectivity index (χ0n) is 32.3. The number of anilines is 3. The predicted molar refractivity (Wildman–Crippen MR) is 233 cm³/mol. The van der Waals surface area contributed by atoms with Crippen molar-refractivity contribution in [2.45, 2.75) is 77.6 Å². The molecule has 3 aromatic carbocycles. The number of aromatic hydroxyl groups is 1. The van der Waals surface area contributed by atoms with Gasteiger partial charge in [0, 0.05) is 22.5 Å². The molecule has 0 spiro atoms. The molecule has 0 fully saturated rings. The maximum atomic E-state index is 12.9. The molecule has 0 saturated heterocycles. The molecular weight excluding hydrogens is 806 g/mol. The third kappa shape index (κ3) is 10.2. The van der Waals surface area contributed by atoms with Gasteiger partial charge in [0.15, 0.2) is 10.3 Å². The van der Waals surface area contributed by atoms with Gasteiger partial charge < -0.3 is 21.1 Å². The molecule has 57 heavy (non-hydrogen) atoms. The van der Waals surface area contributed by atoms with E-state index in [2.05, 4.69) is 55.1 Å². The molecule has 0 aliphatic rings. The fraction of sp³-hybridized carbons (Fsp3) is 0.375. The Balaban J connectivity index is 0.000000193. The third-order valence-electron chi connectivity index (χ3n) is 8.87. The van der Waals surface area contributed by atoms with E-state index in [4.69, 9.17) is 23.2 Å². The molecule has 4 heterocycles. The number of hydrogen-bond donors (Lipinski definition) is 5. The van der Waals surface area contributed by atoms with Crippen molar-refractivity contribution < 1.29 is 19.5 Å². The summed E-state index contributed by atoms with van der Waals surface area (Å²) in [5, 5.41) is 31.5. The number of amides is 2. The Morgan fingerprint density at radius 3 is 2.04 bits per heavy atom. The second kappa shape index (κ2) is 18.2. The number of thiazole rings is 2. The van der Waals surface area contributed by atoms with E-state index >= 15 is 0 Å². The van der Waals surface area contributed by atoms with E-state index in [0.29, 0.717) is 58.5 Å². The van der Waals surface area contributed by atoms with Crippen LogP contribution in [0.5, 0.6) is 5.75 Å². The lowest BCUT2D eigenvalue weighted by Crippen LogP contribution is -2.35. The van der Waals surface area contributed by atoms with E-state index in [1.54, 1.807) is 36.7 Å². The second-order valence-electron chi connectivity index (χ2n) is 15.1. The number of aromatic nitrogens is 6. The summed E-state index contributed by atoms with van der Waals surface area (Å²) >= 11 is 15.2. The van der Waals surface area contributed by atoms with Crippen LogP contribution < -0.4 is 16.0 Å². The van der Waals surface area contributed by atoms with Crippen molar-refractivity contribution in [3.63, 3.8) is 0 Å². The molecule has 5 N–H and O–H groups in total. The monoisotopic (exact) mass is 849 g/mol.